The fourth-order valence-corrected chi connectivity index (χ4v) is 2.42. The lowest BCUT2D eigenvalue weighted by Crippen LogP contribution is -2.45. The second-order valence-corrected chi connectivity index (χ2v) is 6.18. The molecule has 0 bridgehead atoms. The van der Waals surface area contributed by atoms with Crippen molar-refractivity contribution >= 4 is 0 Å². The highest BCUT2D eigenvalue weighted by atomic mass is 16.5. The van der Waals surface area contributed by atoms with Gasteiger partial charge in [-0.2, -0.15) is 0 Å². The van der Waals surface area contributed by atoms with Crippen LogP contribution in [0.3, 0.4) is 0 Å². The van der Waals surface area contributed by atoms with E-state index in [2.05, 4.69) is 37.9 Å². The topological polar surface area (TPSA) is 24.5 Å². The number of piperidine rings is 1. The Kier molecular flexibility index (Phi) is 7.87. The molecule has 0 radical (unpaired) electrons. The third-order valence-electron chi connectivity index (χ3n) is 3.61. The third kappa shape index (κ3) is 6.72. The molecule has 1 N–H and O–H groups in total. The summed E-state index contributed by atoms with van der Waals surface area (Å²) in [4.78, 5) is 2.57. The molecule has 108 valence electrons. The minimum Gasteiger partial charge on any atom is -0.381 e. The second-order valence-electron chi connectivity index (χ2n) is 6.18. The Morgan fingerprint density at radius 2 is 1.83 bits per heavy atom. The van der Waals surface area contributed by atoms with Crippen LogP contribution in [0.5, 0.6) is 0 Å². The summed E-state index contributed by atoms with van der Waals surface area (Å²) in [5, 5.41) is 3.66. The van der Waals surface area contributed by atoms with Gasteiger partial charge in [-0.25, -0.2) is 0 Å². The van der Waals surface area contributed by atoms with Crippen molar-refractivity contribution in [2.24, 2.45) is 5.92 Å². The summed E-state index contributed by atoms with van der Waals surface area (Å²) in [6.45, 7) is 14.4. The van der Waals surface area contributed by atoms with E-state index in [4.69, 9.17) is 4.74 Å². The smallest absolute Gasteiger partial charge is 0.0489 e. The van der Waals surface area contributed by atoms with Crippen molar-refractivity contribution in [1.82, 2.24) is 10.2 Å². The Labute approximate surface area is 113 Å². The molecule has 0 aromatic carbocycles. The highest BCUT2D eigenvalue weighted by Gasteiger charge is 2.19. The van der Waals surface area contributed by atoms with Crippen LogP contribution >= 0.6 is 0 Å². The summed E-state index contributed by atoms with van der Waals surface area (Å²) in [5.41, 5.74) is 0. The molecule has 0 saturated carbocycles. The van der Waals surface area contributed by atoms with E-state index in [1.54, 1.807) is 0 Å². The molecule has 3 nitrogen and oxygen atoms in total. The molecular formula is C15H32N2O. The van der Waals surface area contributed by atoms with Crippen LogP contribution in [0, 0.1) is 5.92 Å². The van der Waals surface area contributed by atoms with Gasteiger partial charge in [0.25, 0.3) is 0 Å². The molecule has 0 atom stereocenters. The number of likely N-dealkylation sites (tertiary alicyclic amines) is 1. The molecule has 1 aliphatic rings. The quantitative estimate of drug-likeness (QED) is 0.675. The van der Waals surface area contributed by atoms with Crippen LogP contribution in [0.4, 0.5) is 0 Å². The van der Waals surface area contributed by atoms with Crippen LogP contribution in [-0.2, 0) is 4.74 Å². The van der Waals surface area contributed by atoms with E-state index in [0.29, 0.717) is 12.0 Å². The Bertz CT molecular complexity index is 199. The first-order valence-electron chi connectivity index (χ1n) is 7.64. The fraction of sp³-hybridized carbons (Fsp3) is 1.00. The molecule has 0 aromatic heterocycles. The summed E-state index contributed by atoms with van der Waals surface area (Å²) in [5.74, 6) is 0.651. The molecule has 18 heavy (non-hydrogen) atoms. The lowest BCUT2D eigenvalue weighted by molar-refractivity contribution is 0.106. The Balaban J connectivity index is 1.95. The predicted molar refractivity (Wildman–Crippen MR) is 78.0 cm³/mol. The zero-order valence-corrected chi connectivity index (χ0v) is 12.7. The Morgan fingerprint density at radius 3 is 2.39 bits per heavy atom. The van der Waals surface area contributed by atoms with Crippen molar-refractivity contribution in [1.29, 1.82) is 0 Å². The highest BCUT2D eigenvalue weighted by molar-refractivity contribution is 4.78. The number of hydrogen-bond acceptors (Lipinski definition) is 3. The second kappa shape index (κ2) is 8.89. The van der Waals surface area contributed by atoms with E-state index in [1.165, 1.54) is 25.9 Å². The molecule has 0 spiro atoms. The normalized spacial score (nSPS) is 19.0. The molecule has 0 unspecified atom stereocenters. The minimum atomic E-state index is 0.651. The molecular weight excluding hydrogens is 224 g/mol. The number of ether oxygens (including phenoxy) is 1. The Hall–Kier alpha value is -0.120. The van der Waals surface area contributed by atoms with Crippen molar-refractivity contribution in [3.63, 3.8) is 0 Å². The molecule has 1 saturated heterocycles. The van der Waals surface area contributed by atoms with Crippen molar-refractivity contribution in [2.75, 3.05) is 32.8 Å². The lowest BCUT2D eigenvalue weighted by Gasteiger charge is -2.35. The van der Waals surface area contributed by atoms with E-state index in [-0.39, 0.29) is 0 Å². The predicted octanol–water partition coefficient (Wildman–Crippen LogP) is 2.51. The summed E-state index contributed by atoms with van der Waals surface area (Å²) in [7, 11) is 0. The maximum absolute atomic E-state index is 5.58. The van der Waals surface area contributed by atoms with Crippen LogP contribution in [0.1, 0.15) is 47.0 Å². The number of nitrogens with one attached hydrogen (secondary N) is 1. The summed E-state index contributed by atoms with van der Waals surface area (Å²) >= 11 is 0. The van der Waals surface area contributed by atoms with E-state index < -0.39 is 0 Å². The number of nitrogens with zero attached hydrogens (tertiary/aromatic N) is 1. The maximum atomic E-state index is 5.58. The first-order chi connectivity index (χ1) is 8.59. The molecule has 1 heterocycles. The van der Waals surface area contributed by atoms with Crippen LogP contribution in [0.15, 0.2) is 0 Å². The van der Waals surface area contributed by atoms with E-state index in [9.17, 15) is 0 Å². The third-order valence-corrected chi connectivity index (χ3v) is 3.61. The van der Waals surface area contributed by atoms with E-state index in [0.717, 1.165) is 32.2 Å². The zero-order chi connectivity index (χ0) is 13.4. The summed E-state index contributed by atoms with van der Waals surface area (Å²) in [6, 6.07) is 1.43. The number of rotatable bonds is 8. The number of hydrogen-bond donors (Lipinski definition) is 1. The first kappa shape index (κ1) is 15.9. The van der Waals surface area contributed by atoms with Gasteiger partial charge in [-0.1, -0.05) is 13.8 Å². The summed E-state index contributed by atoms with van der Waals surface area (Å²) < 4.78 is 5.58. The van der Waals surface area contributed by atoms with Crippen molar-refractivity contribution < 1.29 is 4.74 Å². The Morgan fingerprint density at radius 1 is 1.17 bits per heavy atom. The van der Waals surface area contributed by atoms with Gasteiger partial charge in [0, 0.05) is 25.3 Å². The minimum absolute atomic E-state index is 0.651. The van der Waals surface area contributed by atoms with Crippen molar-refractivity contribution in [3.05, 3.63) is 0 Å². The van der Waals surface area contributed by atoms with Crippen LogP contribution < -0.4 is 5.32 Å². The van der Waals surface area contributed by atoms with E-state index >= 15 is 0 Å². The van der Waals surface area contributed by atoms with Gasteiger partial charge in [0.1, 0.15) is 0 Å². The fourth-order valence-electron chi connectivity index (χ4n) is 2.42. The molecule has 3 heteroatoms. The lowest BCUT2D eigenvalue weighted by atomic mass is 10.0. The monoisotopic (exact) mass is 256 g/mol. The van der Waals surface area contributed by atoms with E-state index in [1.807, 2.05) is 0 Å². The molecule has 0 amide bonds. The van der Waals surface area contributed by atoms with Gasteiger partial charge in [0.2, 0.25) is 0 Å². The van der Waals surface area contributed by atoms with Crippen LogP contribution in [-0.4, -0.2) is 49.8 Å². The molecule has 1 aliphatic heterocycles. The molecule has 1 rings (SSSR count). The largest absolute Gasteiger partial charge is 0.381 e. The average Bonchev–Trinajstić information content (AvgIpc) is 2.34. The first-order valence-corrected chi connectivity index (χ1v) is 7.64. The highest BCUT2D eigenvalue weighted by Crippen LogP contribution is 2.12. The average molecular weight is 256 g/mol. The van der Waals surface area contributed by atoms with Crippen LogP contribution in [0.25, 0.3) is 0 Å². The SMILES string of the molecule is CC(C)COCCCNC1CCN(C(C)C)CC1. The van der Waals surface area contributed by atoms with Gasteiger partial charge in [0.15, 0.2) is 0 Å². The molecule has 0 aromatic rings. The van der Waals surface area contributed by atoms with Gasteiger partial charge < -0.3 is 15.0 Å². The van der Waals surface area contributed by atoms with Gasteiger partial charge >= 0.3 is 0 Å². The van der Waals surface area contributed by atoms with Gasteiger partial charge in [-0.05, 0) is 58.7 Å². The molecule has 0 aliphatic carbocycles. The van der Waals surface area contributed by atoms with Crippen LogP contribution in [0.2, 0.25) is 0 Å². The zero-order valence-electron chi connectivity index (χ0n) is 12.7. The maximum Gasteiger partial charge on any atom is 0.0489 e. The van der Waals surface area contributed by atoms with Crippen molar-refractivity contribution in [2.45, 2.75) is 59.0 Å². The standard InChI is InChI=1S/C15H32N2O/c1-13(2)12-18-11-5-8-16-15-6-9-17(10-7-15)14(3)4/h13-16H,5-12H2,1-4H3. The van der Waals surface area contributed by atoms with Gasteiger partial charge in [-0.3, -0.25) is 0 Å². The van der Waals surface area contributed by atoms with Gasteiger partial charge in [-0.15, -0.1) is 0 Å². The molecule has 1 fully saturated rings. The summed E-state index contributed by atoms with van der Waals surface area (Å²) in [6.07, 6.45) is 3.73. The van der Waals surface area contributed by atoms with Crippen molar-refractivity contribution in [3.8, 4) is 0 Å². The van der Waals surface area contributed by atoms with Gasteiger partial charge in [0.05, 0.1) is 0 Å².